The van der Waals surface area contributed by atoms with Crippen molar-refractivity contribution in [3.05, 3.63) is 71.4 Å². The third-order valence-electron chi connectivity index (χ3n) is 3.78. The molecule has 0 saturated heterocycles. The second-order valence-corrected chi connectivity index (χ2v) is 5.82. The predicted molar refractivity (Wildman–Crippen MR) is 94.5 cm³/mol. The Labute approximate surface area is 143 Å². The molecule has 0 spiro atoms. The van der Waals surface area contributed by atoms with Crippen molar-refractivity contribution in [3.63, 3.8) is 0 Å². The van der Waals surface area contributed by atoms with E-state index in [1.807, 2.05) is 42.5 Å². The molecule has 2 aromatic heterocycles. The van der Waals surface area contributed by atoms with Gasteiger partial charge in [-0.3, -0.25) is 0 Å². The van der Waals surface area contributed by atoms with Gasteiger partial charge in [-0.1, -0.05) is 35.9 Å². The molecular formula is C19H11ClN4. The molecule has 0 atom stereocenters. The van der Waals surface area contributed by atoms with Crippen LogP contribution in [-0.2, 0) is 0 Å². The van der Waals surface area contributed by atoms with Crippen molar-refractivity contribution < 1.29 is 0 Å². The topological polar surface area (TPSA) is 65.4 Å². The van der Waals surface area contributed by atoms with Crippen molar-refractivity contribution in [3.8, 4) is 28.6 Å². The van der Waals surface area contributed by atoms with E-state index in [2.05, 4.69) is 21.0 Å². The lowest BCUT2D eigenvalue weighted by Gasteiger charge is -2.00. The first kappa shape index (κ1) is 14.4. The zero-order chi connectivity index (χ0) is 16.5. The molecule has 0 aliphatic heterocycles. The van der Waals surface area contributed by atoms with Crippen molar-refractivity contribution in [1.29, 1.82) is 5.26 Å². The number of H-pyrrole nitrogens is 1. The van der Waals surface area contributed by atoms with E-state index < -0.39 is 0 Å². The zero-order valence-corrected chi connectivity index (χ0v) is 13.2. The quantitative estimate of drug-likeness (QED) is 0.573. The van der Waals surface area contributed by atoms with Crippen LogP contribution in [0.3, 0.4) is 0 Å². The molecular weight excluding hydrogens is 320 g/mol. The van der Waals surface area contributed by atoms with Gasteiger partial charge in [-0.25, -0.2) is 9.97 Å². The van der Waals surface area contributed by atoms with Crippen LogP contribution in [-0.4, -0.2) is 15.0 Å². The maximum atomic E-state index is 8.89. The summed E-state index contributed by atoms with van der Waals surface area (Å²) in [7, 11) is 0. The molecule has 5 heteroatoms. The lowest BCUT2D eigenvalue weighted by Crippen LogP contribution is -1.82. The average Bonchev–Trinajstić information content (AvgIpc) is 3.05. The first-order valence-electron chi connectivity index (χ1n) is 7.35. The lowest BCUT2D eigenvalue weighted by atomic mass is 10.1. The molecule has 0 aliphatic carbocycles. The van der Waals surface area contributed by atoms with Crippen LogP contribution < -0.4 is 0 Å². The lowest BCUT2D eigenvalue weighted by molar-refractivity contribution is 1.30. The molecule has 0 saturated carbocycles. The Morgan fingerprint density at radius 2 is 1.79 bits per heavy atom. The largest absolute Gasteiger partial charge is 0.337 e. The van der Waals surface area contributed by atoms with Crippen LogP contribution in [0, 0.1) is 11.3 Å². The number of nitrogens with zero attached hydrogens (tertiary/aromatic N) is 3. The molecule has 24 heavy (non-hydrogen) atoms. The smallest absolute Gasteiger partial charge is 0.178 e. The van der Waals surface area contributed by atoms with Gasteiger partial charge >= 0.3 is 0 Å². The van der Waals surface area contributed by atoms with Crippen molar-refractivity contribution >= 4 is 22.8 Å². The van der Waals surface area contributed by atoms with E-state index >= 15 is 0 Å². The average molecular weight is 331 g/mol. The summed E-state index contributed by atoms with van der Waals surface area (Å²) in [5.74, 6) is 0.733. The highest BCUT2D eigenvalue weighted by molar-refractivity contribution is 6.30. The fraction of sp³-hybridized carbons (Fsp3) is 0. The van der Waals surface area contributed by atoms with E-state index in [0.29, 0.717) is 16.2 Å². The molecule has 0 amide bonds. The summed E-state index contributed by atoms with van der Waals surface area (Å²) in [5.41, 5.74) is 5.03. The van der Waals surface area contributed by atoms with Crippen molar-refractivity contribution in [2.75, 3.05) is 0 Å². The number of pyridine rings is 1. The number of fused-ring (bicyclic) bond motifs is 1. The number of aromatic nitrogens is 3. The van der Waals surface area contributed by atoms with Crippen LogP contribution in [0.25, 0.3) is 33.7 Å². The Hall–Kier alpha value is -3.16. The number of rotatable bonds is 2. The van der Waals surface area contributed by atoms with Gasteiger partial charge in [-0.2, -0.15) is 5.26 Å². The number of hydrogen-bond donors (Lipinski definition) is 1. The van der Waals surface area contributed by atoms with Gasteiger partial charge in [0, 0.05) is 22.3 Å². The molecule has 0 radical (unpaired) electrons. The van der Waals surface area contributed by atoms with Gasteiger partial charge in [-0.05, 0) is 35.9 Å². The van der Waals surface area contributed by atoms with Gasteiger partial charge in [-0.15, -0.1) is 0 Å². The molecule has 0 fully saturated rings. The number of nitrogens with one attached hydrogen (secondary N) is 1. The fourth-order valence-corrected chi connectivity index (χ4v) is 2.76. The summed E-state index contributed by atoms with van der Waals surface area (Å²) in [5, 5.41) is 9.55. The van der Waals surface area contributed by atoms with Crippen molar-refractivity contribution in [2.24, 2.45) is 0 Å². The van der Waals surface area contributed by atoms with E-state index in [0.717, 1.165) is 28.0 Å². The molecule has 0 unspecified atom stereocenters. The molecule has 2 heterocycles. The minimum absolute atomic E-state index is 0.637. The summed E-state index contributed by atoms with van der Waals surface area (Å²) in [4.78, 5) is 12.2. The van der Waals surface area contributed by atoms with Gasteiger partial charge in [0.1, 0.15) is 5.82 Å². The summed E-state index contributed by atoms with van der Waals surface area (Å²) >= 11 is 6.04. The summed E-state index contributed by atoms with van der Waals surface area (Å²) in [6.45, 7) is 0. The Balaban J connectivity index is 1.77. The molecule has 0 bridgehead atoms. The Morgan fingerprint density at radius 1 is 0.958 bits per heavy atom. The van der Waals surface area contributed by atoms with Gasteiger partial charge in [0.2, 0.25) is 0 Å². The van der Waals surface area contributed by atoms with Crippen LogP contribution in [0.15, 0.2) is 60.8 Å². The first-order valence-corrected chi connectivity index (χ1v) is 7.73. The molecule has 4 aromatic rings. The maximum Gasteiger partial charge on any atom is 0.178 e. The standard InChI is InChI=1S/C19H11ClN4/c20-16-3-1-2-14(8-16)18-23-17-9-15(11-22-19(17)24-18)13-6-4-12(10-21)5-7-13/h1-9,11H,(H,22,23,24). The van der Waals surface area contributed by atoms with E-state index in [1.165, 1.54) is 0 Å². The summed E-state index contributed by atoms with van der Waals surface area (Å²) in [6.07, 6.45) is 1.78. The Bertz CT molecular complexity index is 1070. The number of nitriles is 1. The maximum absolute atomic E-state index is 8.89. The Kier molecular flexibility index (Phi) is 3.49. The minimum atomic E-state index is 0.637. The number of imidazole rings is 1. The van der Waals surface area contributed by atoms with Crippen LogP contribution in [0.2, 0.25) is 5.02 Å². The summed E-state index contributed by atoms with van der Waals surface area (Å²) in [6, 6.07) is 19.1. The van der Waals surface area contributed by atoms with E-state index in [1.54, 1.807) is 18.3 Å². The van der Waals surface area contributed by atoms with E-state index in [4.69, 9.17) is 16.9 Å². The highest BCUT2D eigenvalue weighted by atomic mass is 35.5. The number of halogens is 1. The second-order valence-electron chi connectivity index (χ2n) is 5.38. The van der Waals surface area contributed by atoms with Crippen LogP contribution in [0.4, 0.5) is 0 Å². The highest BCUT2D eigenvalue weighted by Crippen LogP contribution is 2.25. The molecule has 4 rings (SSSR count). The third kappa shape index (κ3) is 2.62. The highest BCUT2D eigenvalue weighted by Gasteiger charge is 2.08. The van der Waals surface area contributed by atoms with Crippen LogP contribution in [0.5, 0.6) is 0 Å². The zero-order valence-electron chi connectivity index (χ0n) is 12.5. The second kappa shape index (κ2) is 5.80. The molecule has 1 N–H and O–H groups in total. The number of hydrogen-bond acceptors (Lipinski definition) is 3. The molecule has 2 aromatic carbocycles. The number of benzene rings is 2. The van der Waals surface area contributed by atoms with Crippen LogP contribution >= 0.6 is 11.6 Å². The Morgan fingerprint density at radius 3 is 2.54 bits per heavy atom. The van der Waals surface area contributed by atoms with Crippen molar-refractivity contribution in [1.82, 2.24) is 15.0 Å². The van der Waals surface area contributed by atoms with Gasteiger partial charge in [0.25, 0.3) is 0 Å². The van der Waals surface area contributed by atoms with Crippen molar-refractivity contribution in [2.45, 2.75) is 0 Å². The number of aromatic amines is 1. The van der Waals surface area contributed by atoms with Gasteiger partial charge in [0.15, 0.2) is 5.65 Å². The molecule has 114 valence electrons. The first-order chi connectivity index (χ1) is 11.7. The molecule has 4 nitrogen and oxygen atoms in total. The fourth-order valence-electron chi connectivity index (χ4n) is 2.57. The monoisotopic (exact) mass is 330 g/mol. The minimum Gasteiger partial charge on any atom is -0.337 e. The van der Waals surface area contributed by atoms with Crippen LogP contribution in [0.1, 0.15) is 5.56 Å². The summed E-state index contributed by atoms with van der Waals surface area (Å²) < 4.78 is 0. The van der Waals surface area contributed by atoms with E-state index in [-0.39, 0.29) is 0 Å². The van der Waals surface area contributed by atoms with Gasteiger partial charge in [0.05, 0.1) is 17.1 Å². The van der Waals surface area contributed by atoms with E-state index in [9.17, 15) is 0 Å². The normalized spacial score (nSPS) is 10.7. The molecule has 0 aliphatic rings. The third-order valence-corrected chi connectivity index (χ3v) is 4.02. The predicted octanol–water partition coefficient (Wildman–Crippen LogP) is 4.82. The SMILES string of the molecule is N#Cc1ccc(-c2cnc3nc(-c4cccc(Cl)c4)[nH]c3c2)cc1. The van der Waals surface area contributed by atoms with Gasteiger partial charge < -0.3 is 4.98 Å².